The van der Waals surface area contributed by atoms with E-state index in [-0.39, 0.29) is 5.60 Å². The van der Waals surface area contributed by atoms with E-state index >= 15 is 0 Å². The molecule has 0 radical (unpaired) electrons. The molecule has 2 aliphatic rings. The molecule has 0 spiro atoms. The van der Waals surface area contributed by atoms with Crippen LogP contribution in [0.2, 0.25) is 0 Å². The van der Waals surface area contributed by atoms with Crippen molar-refractivity contribution in [1.82, 2.24) is 20.0 Å². The minimum atomic E-state index is -0.678. The van der Waals surface area contributed by atoms with Gasteiger partial charge in [0.1, 0.15) is 0 Å². The van der Waals surface area contributed by atoms with E-state index in [1.165, 1.54) is 25.7 Å². The predicted octanol–water partition coefficient (Wildman–Crippen LogP) is 2.29. The first-order valence-electron chi connectivity index (χ1n) is 7.76. The first-order chi connectivity index (χ1) is 9.85. The lowest BCUT2D eigenvalue weighted by atomic mass is 9.91. The Hall–Kier alpha value is -0.0000000000000000416. The van der Waals surface area contributed by atoms with Crippen molar-refractivity contribution >= 4 is 25.8 Å². The molecule has 0 amide bonds. The number of thiocarbonyl (C=S) groups is 1. The van der Waals surface area contributed by atoms with E-state index in [4.69, 9.17) is 16.7 Å². The Balaban J connectivity index is 1.96. The summed E-state index contributed by atoms with van der Waals surface area (Å²) in [6.45, 7) is 4.97. The maximum Gasteiger partial charge on any atom is 0.188 e. The van der Waals surface area contributed by atoms with Crippen molar-refractivity contribution in [1.29, 1.82) is 0 Å². The fraction of sp³-hybridized carbons (Fsp3) is 0.929. The minimum Gasteiger partial charge on any atom is -0.366 e. The molecule has 1 aliphatic carbocycles. The molecule has 0 aromatic carbocycles. The number of fused-ring (bicyclic) bond motifs is 1. The summed E-state index contributed by atoms with van der Waals surface area (Å²) < 4.78 is 11.4. The zero-order valence-electron chi connectivity index (χ0n) is 13.8. The fourth-order valence-corrected chi connectivity index (χ4v) is 5.53. The second kappa shape index (κ2) is 7.05. The molecule has 122 valence electrons. The van der Waals surface area contributed by atoms with Gasteiger partial charge in [-0.15, -0.1) is 0 Å². The second-order valence-corrected chi connectivity index (χ2v) is 8.96. The standard InChI is InChI=1S/C14H29N4OPS/c1-14(2,10-16-13(21)15-3)19-20-17(4)11-8-6-7-9-12(11)18(20)5/h11-12H,6-10H2,1-5H3,(H2,15,16,21)/t11-,12-/m1/s1. The van der Waals surface area contributed by atoms with Crippen molar-refractivity contribution < 1.29 is 4.52 Å². The molecule has 1 heterocycles. The van der Waals surface area contributed by atoms with Gasteiger partial charge in [-0.25, -0.2) is 9.34 Å². The number of hydrogen-bond donors (Lipinski definition) is 2. The highest BCUT2D eigenvalue weighted by Gasteiger charge is 2.47. The van der Waals surface area contributed by atoms with Gasteiger partial charge in [-0.05, 0) is 53.0 Å². The molecule has 5 nitrogen and oxygen atoms in total. The van der Waals surface area contributed by atoms with Crippen molar-refractivity contribution in [2.75, 3.05) is 27.7 Å². The van der Waals surface area contributed by atoms with Gasteiger partial charge >= 0.3 is 0 Å². The van der Waals surface area contributed by atoms with Gasteiger partial charge in [0, 0.05) is 25.7 Å². The number of hydrogen-bond acceptors (Lipinski definition) is 4. The first-order valence-corrected chi connectivity index (χ1v) is 9.33. The summed E-state index contributed by atoms with van der Waals surface area (Å²) in [5, 5.41) is 6.81. The van der Waals surface area contributed by atoms with Gasteiger partial charge in [-0.1, -0.05) is 12.8 Å². The number of rotatable bonds is 4. The third kappa shape index (κ3) is 4.05. The summed E-state index contributed by atoms with van der Waals surface area (Å²) in [6, 6.07) is 1.33. The summed E-state index contributed by atoms with van der Waals surface area (Å²) in [4.78, 5) is 0. The quantitative estimate of drug-likeness (QED) is 0.608. The highest BCUT2D eigenvalue weighted by molar-refractivity contribution is 7.80. The number of likely N-dealkylation sites (N-methyl/N-ethyl adjacent to an activating group) is 2. The van der Waals surface area contributed by atoms with Crippen LogP contribution in [0.5, 0.6) is 0 Å². The van der Waals surface area contributed by atoms with E-state index in [0.29, 0.717) is 23.7 Å². The minimum absolute atomic E-state index is 0.247. The SMILES string of the molecule is CNC(=S)NCC(C)(C)OP1N(C)[C@@H]2CCCC[C@H]2N1C. The average Bonchev–Trinajstić information content (AvgIpc) is 2.70. The molecule has 21 heavy (non-hydrogen) atoms. The summed E-state index contributed by atoms with van der Waals surface area (Å²) in [6.07, 6.45) is 5.31. The monoisotopic (exact) mass is 332 g/mol. The lowest BCUT2D eigenvalue weighted by Crippen LogP contribution is -2.43. The van der Waals surface area contributed by atoms with Gasteiger partial charge in [0.05, 0.1) is 5.60 Å². The Morgan fingerprint density at radius 1 is 1.24 bits per heavy atom. The van der Waals surface area contributed by atoms with Gasteiger partial charge in [-0.2, -0.15) is 0 Å². The van der Waals surface area contributed by atoms with Crippen LogP contribution in [0.25, 0.3) is 0 Å². The molecular formula is C14H29N4OPS. The van der Waals surface area contributed by atoms with E-state index in [2.05, 4.69) is 47.9 Å². The van der Waals surface area contributed by atoms with Crippen LogP contribution in [0.15, 0.2) is 0 Å². The molecule has 1 saturated carbocycles. The summed E-state index contributed by atoms with van der Waals surface area (Å²) in [5.41, 5.74) is -0.247. The molecule has 2 atom stereocenters. The molecule has 2 fully saturated rings. The molecule has 7 heteroatoms. The van der Waals surface area contributed by atoms with E-state index in [1.54, 1.807) is 0 Å². The van der Waals surface area contributed by atoms with Crippen molar-refractivity contribution in [2.45, 2.75) is 57.2 Å². The highest BCUT2D eigenvalue weighted by atomic mass is 32.1. The Morgan fingerprint density at radius 3 is 2.24 bits per heavy atom. The van der Waals surface area contributed by atoms with Gasteiger partial charge in [0.15, 0.2) is 13.6 Å². The molecule has 0 unspecified atom stereocenters. The normalized spacial score (nSPS) is 28.4. The number of nitrogens with zero attached hydrogens (tertiary/aromatic N) is 2. The lowest BCUT2D eigenvalue weighted by molar-refractivity contribution is 0.114. The van der Waals surface area contributed by atoms with E-state index in [1.807, 2.05) is 7.05 Å². The van der Waals surface area contributed by atoms with Crippen molar-refractivity contribution in [3.63, 3.8) is 0 Å². The molecular weight excluding hydrogens is 303 g/mol. The topological polar surface area (TPSA) is 39.8 Å². The van der Waals surface area contributed by atoms with Gasteiger partial charge in [0.2, 0.25) is 0 Å². The van der Waals surface area contributed by atoms with Gasteiger partial charge in [-0.3, -0.25) is 0 Å². The van der Waals surface area contributed by atoms with Crippen LogP contribution in [0.4, 0.5) is 0 Å². The molecule has 1 aliphatic heterocycles. The lowest BCUT2D eigenvalue weighted by Gasteiger charge is -2.34. The van der Waals surface area contributed by atoms with Crippen LogP contribution in [0.3, 0.4) is 0 Å². The maximum atomic E-state index is 6.48. The van der Waals surface area contributed by atoms with Crippen molar-refractivity contribution in [3.8, 4) is 0 Å². The van der Waals surface area contributed by atoms with Crippen LogP contribution >= 0.6 is 20.7 Å². The Labute approximate surface area is 135 Å². The van der Waals surface area contributed by atoms with Crippen LogP contribution in [0.1, 0.15) is 39.5 Å². The average molecular weight is 332 g/mol. The summed E-state index contributed by atoms with van der Waals surface area (Å²) in [7, 11) is 5.60. The molecule has 2 N–H and O–H groups in total. The van der Waals surface area contributed by atoms with Crippen molar-refractivity contribution in [3.05, 3.63) is 0 Å². The van der Waals surface area contributed by atoms with Gasteiger partial charge < -0.3 is 15.2 Å². The van der Waals surface area contributed by atoms with E-state index in [0.717, 1.165) is 0 Å². The third-order valence-electron chi connectivity index (χ3n) is 4.42. The molecule has 2 rings (SSSR count). The summed E-state index contributed by atoms with van der Waals surface area (Å²) >= 11 is 5.14. The van der Waals surface area contributed by atoms with Crippen LogP contribution in [-0.4, -0.2) is 59.8 Å². The zero-order chi connectivity index (χ0) is 15.6. The Bertz CT molecular complexity index is 364. The Morgan fingerprint density at radius 2 is 1.76 bits per heavy atom. The highest BCUT2D eigenvalue weighted by Crippen LogP contribution is 2.57. The zero-order valence-corrected chi connectivity index (χ0v) is 15.6. The summed E-state index contributed by atoms with van der Waals surface area (Å²) in [5.74, 6) is 0. The largest absolute Gasteiger partial charge is 0.366 e. The van der Waals surface area contributed by atoms with Crippen LogP contribution < -0.4 is 10.6 Å². The van der Waals surface area contributed by atoms with Gasteiger partial charge in [0.25, 0.3) is 0 Å². The van der Waals surface area contributed by atoms with Crippen molar-refractivity contribution in [2.24, 2.45) is 0 Å². The van der Waals surface area contributed by atoms with Crippen LogP contribution in [-0.2, 0) is 4.52 Å². The fourth-order valence-electron chi connectivity index (χ4n) is 3.20. The molecule has 0 bridgehead atoms. The molecule has 0 aromatic rings. The molecule has 1 saturated heterocycles. The van der Waals surface area contributed by atoms with Crippen LogP contribution in [0, 0.1) is 0 Å². The number of nitrogens with one attached hydrogen (secondary N) is 2. The Kier molecular flexibility index (Phi) is 5.83. The van der Waals surface area contributed by atoms with E-state index < -0.39 is 8.45 Å². The first kappa shape index (κ1) is 17.4. The smallest absolute Gasteiger partial charge is 0.188 e. The molecule has 0 aromatic heterocycles. The second-order valence-electron chi connectivity index (χ2n) is 6.60. The van der Waals surface area contributed by atoms with E-state index in [9.17, 15) is 0 Å². The predicted molar refractivity (Wildman–Crippen MR) is 93.3 cm³/mol. The maximum absolute atomic E-state index is 6.48. The third-order valence-corrected chi connectivity index (χ3v) is 7.10.